The van der Waals surface area contributed by atoms with Crippen LogP contribution < -0.4 is 5.32 Å². The monoisotopic (exact) mass is 287 g/mol. The van der Waals surface area contributed by atoms with Gasteiger partial charge in [0.1, 0.15) is 0 Å². The molecule has 1 aromatic rings. The van der Waals surface area contributed by atoms with Crippen LogP contribution in [0.4, 0.5) is 0 Å². The Morgan fingerprint density at radius 1 is 1.44 bits per heavy atom. The van der Waals surface area contributed by atoms with Crippen LogP contribution in [0.25, 0.3) is 0 Å². The molecule has 0 heterocycles. The Labute approximate surface area is 105 Å². The van der Waals surface area contributed by atoms with Crippen molar-refractivity contribution in [1.82, 2.24) is 5.32 Å². The third-order valence-corrected chi connectivity index (χ3v) is 3.30. The summed E-state index contributed by atoms with van der Waals surface area (Å²) in [4.78, 5) is 0. The topological polar surface area (TPSA) is 41.5 Å². The first-order valence-corrected chi connectivity index (χ1v) is 6.03. The van der Waals surface area contributed by atoms with Crippen LogP contribution in [0, 0.1) is 0 Å². The Balaban J connectivity index is 2.83. The smallest absolute Gasteiger partial charge is 0.0653 e. The summed E-state index contributed by atoms with van der Waals surface area (Å²) in [5.41, 5.74) is 0.604. The number of hydrogen-bond donors (Lipinski definition) is 2. The number of hydrogen-bond acceptors (Lipinski definition) is 3. The first kappa shape index (κ1) is 13.6. The van der Waals surface area contributed by atoms with Crippen LogP contribution in [0.3, 0.4) is 0 Å². The molecular weight excluding hydrogens is 270 g/mol. The molecule has 3 nitrogen and oxygen atoms in total. The molecule has 0 radical (unpaired) electrons. The van der Waals surface area contributed by atoms with Crippen molar-refractivity contribution < 1.29 is 9.84 Å². The molecule has 1 unspecified atom stereocenters. The quantitative estimate of drug-likeness (QED) is 0.786. The van der Waals surface area contributed by atoms with Gasteiger partial charge in [-0.2, -0.15) is 0 Å². The lowest BCUT2D eigenvalue weighted by Crippen LogP contribution is -2.44. The van der Waals surface area contributed by atoms with Gasteiger partial charge in [-0.25, -0.2) is 0 Å². The number of ether oxygens (including phenoxy) is 1. The Bertz CT molecular complexity index is 333. The van der Waals surface area contributed by atoms with Gasteiger partial charge in [-0.3, -0.25) is 0 Å². The van der Waals surface area contributed by atoms with E-state index in [2.05, 4.69) is 21.2 Å². The predicted molar refractivity (Wildman–Crippen MR) is 68.5 cm³/mol. The zero-order chi connectivity index (χ0) is 12.0. The fourth-order valence-corrected chi connectivity index (χ4v) is 2.30. The van der Waals surface area contributed by atoms with Gasteiger partial charge in [0, 0.05) is 18.1 Å². The van der Waals surface area contributed by atoms with E-state index >= 15 is 0 Å². The van der Waals surface area contributed by atoms with Crippen molar-refractivity contribution in [3.8, 4) is 0 Å². The number of halogens is 1. The summed E-state index contributed by atoms with van der Waals surface area (Å²) in [7, 11) is 1.66. The number of benzene rings is 1. The average Bonchev–Trinajstić information content (AvgIpc) is 2.30. The summed E-state index contributed by atoms with van der Waals surface area (Å²) in [6, 6.07) is 7.90. The highest BCUT2D eigenvalue weighted by molar-refractivity contribution is 9.10. The molecule has 0 aliphatic carbocycles. The summed E-state index contributed by atoms with van der Waals surface area (Å²) in [6.45, 7) is 3.34. The molecule has 0 bridgehead atoms. The van der Waals surface area contributed by atoms with E-state index in [1.54, 1.807) is 7.11 Å². The maximum Gasteiger partial charge on any atom is 0.0653 e. The molecule has 16 heavy (non-hydrogen) atoms. The second kappa shape index (κ2) is 6.35. The molecule has 2 N–H and O–H groups in total. The number of nitrogens with one attached hydrogen (secondary N) is 1. The summed E-state index contributed by atoms with van der Waals surface area (Å²) >= 11 is 3.50. The van der Waals surface area contributed by atoms with Crippen molar-refractivity contribution in [1.29, 1.82) is 0 Å². The van der Waals surface area contributed by atoms with Gasteiger partial charge < -0.3 is 15.2 Å². The summed E-state index contributed by atoms with van der Waals surface area (Å²) in [5, 5.41) is 12.8. The van der Waals surface area contributed by atoms with Gasteiger partial charge in [0.15, 0.2) is 0 Å². The van der Waals surface area contributed by atoms with Crippen molar-refractivity contribution in [3.63, 3.8) is 0 Å². The zero-order valence-corrected chi connectivity index (χ0v) is 11.3. The summed E-state index contributed by atoms with van der Waals surface area (Å²) in [6.07, 6.45) is 0. The largest absolute Gasteiger partial charge is 0.394 e. The normalized spacial score (nSPS) is 14.8. The van der Waals surface area contributed by atoms with Crippen molar-refractivity contribution in [2.45, 2.75) is 12.5 Å². The molecule has 1 rings (SSSR count). The lowest BCUT2D eigenvalue weighted by atomic mass is 9.93. The van der Waals surface area contributed by atoms with Crippen LogP contribution in [0.2, 0.25) is 0 Å². The Kier molecular flexibility index (Phi) is 5.41. The Hall–Kier alpha value is -0.420. The Morgan fingerprint density at radius 3 is 2.69 bits per heavy atom. The van der Waals surface area contributed by atoms with Crippen LogP contribution in [0.1, 0.15) is 12.5 Å². The first-order valence-electron chi connectivity index (χ1n) is 5.24. The number of aliphatic hydroxyl groups excluding tert-OH is 1. The fraction of sp³-hybridized carbons (Fsp3) is 0.500. The van der Waals surface area contributed by atoms with E-state index in [1.165, 1.54) is 0 Å². The summed E-state index contributed by atoms with van der Waals surface area (Å²) in [5.74, 6) is 0. The van der Waals surface area contributed by atoms with E-state index in [9.17, 15) is 5.11 Å². The molecule has 90 valence electrons. The van der Waals surface area contributed by atoms with Gasteiger partial charge in [0.25, 0.3) is 0 Å². The molecule has 0 saturated heterocycles. The number of aliphatic hydroxyl groups is 1. The lowest BCUT2D eigenvalue weighted by molar-refractivity contribution is 0.147. The van der Waals surface area contributed by atoms with E-state index in [-0.39, 0.29) is 6.61 Å². The maximum atomic E-state index is 9.54. The van der Waals surface area contributed by atoms with E-state index in [0.29, 0.717) is 13.2 Å². The van der Waals surface area contributed by atoms with E-state index in [4.69, 9.17) is 4.74 Å². The predicted octanol–water partition coefficient (Wildman–Crippen LogP) is 1.89. The van der Waals surface area contributed by atoms with Crippen LogP contribution in [-0.2, 0) is 10.3 Å². The van der Waals surface area contributed by atoms with E-state index in [1.807, 2.05) is 31.2 Å². The zero-order valence-electron chi connectivity index (χ0n) is 9.66. The van der Waals surface area contributed by atoms with E-state index < -0.39 is 5.54 Å². The average molecular weight is 288 g/mol. The third-order valence-electron chi connectivity index (χ3n) is 2.61. The molecule has 0 aliphatic heterocycles. The molecule has 0 amide bonds. The maximum absolute atomic E-state index is 9.54. The van der Waals surface area contributed by atoms with Crippen molar-refractivity contribution in [2.75, 3.05) is 26.9 Å². The van der Waals surface area contributed by atoms with Gasteiger partial charge >= 0.3 is 0 Å². The second-order valence-corrected chi connectivity index (χ2v) is 4.74. The van der Waals surface area contributed by atoms with Crippen molar-refractivity contribution in [3.05, 3.63) is 34.3 Å². The molecular formula is C12H18BrNO2. The minimum absolute atomic E-state index is 0.0410. The third kappa shape index (κ3) is 3.28. The van der Waals surface area contributed by atoms with Crippen LogP contribution in [0.15, 0.2) is 28.7 Å². The summed E-state index contributed by atoms with van der Waals surface area (Å²) < 4.78 is 5.99. The molecule has 1 atom stereocenters. The SMILES string of the molecule is COCCNC(C)(CO)c1ccccc1Br. The molecule has 0 fully saturated rings. The van der Waals surface area contributed by atoms with Crippen LogP contribution in [-0.4, -0.2) is 32.0 Å². The number of rotatable bonds is 6. The van der Waals surface area contributed by atoms with Crippen LogP contribution in [0.5, 0.6) is 0 Å². The molecule has 4 heteroatoms. The van der Waals surface area contributed by atoms with Gasteiger partial charge in [-0.1, -0.05) is 34.1 Å². The minimum atomic E-state index is -0.446. The van der Waals surface area contributed by atoms with Crippen molar-refractivity contribution >= 4 is 15.9 Å². The molecule has 0 spiro atoms. The number of methoxy groups -OCH3 is 1. The fourth-order valence-electron chi connectivity index (χ4n) is 1.57. The highest BCUT2D eigenvalue weighted by Crippen LogP contribution is 2.27. The first-order chi connectivity index (χ1) is 7.64. The molecule has 0 aromatic heterocycles. The minimum Gasteiger partial charge on any atom is -0.394 e. The molecule has 0 aliphatic rings. The van der Waals surface area contributed by atoms with Crippen molar-refractivity contribution in [2.24, 2.45) is 0 Å². The molecule has 1 aromatic carbocycles. The van der Waals surface area contributed by atoms with Gasteiger partial charge in [0.2, 0.25) is 0 Å². The molecule has 0 saturated carbocycles. The van der Waals surface area contributed by atoms with Gasteiger partial charge in [-0.15, -0.1) is 0 Å². The van der Waals surface area contributed by atoms with Gasteiger partial charge in [0.05, 0.1) is 18.8 Å². The standard InChI is InChI=1S/C12H18BrNO2/c1-12(9-15,14-7-8-16-2)10-5-3-4-6-11(10)13/h3-6,14-15H,7-9H2,1-2H3. The van der Waals surface area contributed by atoms with Gasteiger partial charge in [-0.05, 0) is 18.6 Å². The van der Waals surface area contributed by atoms with E-state index in [0.717, 1.165) is 10.0 Å². The van der Waals surface area contributed by atoms with Crippen LogP contribution >= 0.6 is 15.9 Å². The lowest BCUT2D eigenvalue weighted by Gasteiger charge is -2.30. The Morgan fingerprint density at radius 2 is 2.12 bits per heavy atom. The highest BCUT2D eigenvalue weighted by Gasteiger charge is 2.26. The second-order valence-electron chi connectivity index (χ2n) is 3.89. The highest BCUT2D eigenvalue weighted by atomic mass is 79.9.